The predicted molar refractivity (Wildman–Crippen MR) is 52.8 cm³/mol. The fourth-order valence-corrected chi connectivity index (χ4v) is 1.46. The van der Waals surface area contributed by atoms with E-state index in [9.17, 15) is 15.3 Å². The van der Waals surface area contributed by atoms with Crippen LogP contribution in [0, 0.1) is 0 Å². The van der Waals surface area contributed by atoms with Gasteiger partial charge in [-0.25, -0.2) is 0 Å². The summed E-state index contributed by atoms with van der Waals surface area (Å²) in [5.41, 5.74) is 0. The minimum Gasteiger partial charge on any atom is -0.394 e. The van der Waals surface area contributed by atoms with E-state index in [0.29, 0.717) is 0 Å². The molecule has 6 atom stereocenters. The van der Waals surface area contributed by atoms with Gasteiger partial charge < -0.3 is 40.1 Å². The van der Waals surface area contributed by atoms with Crippen LogP contribution in [0.15, 0.2) is 0 Å². The highest BCUT2D eigenvalue weighted by Gasteiger charge is 2.44. The Morgan fingerprint density at radius 1 is 1.06 bits per heavy atom. The molecule has 0 unspecified atom stereocenters. The van der Waals surface area contributed by atoms with Crippen LogP contribution in [0.25, 0.3) is 0 Å². The molecule has 0 aliphatic carbocycles. The molecule has 0 aromatic rings. The van der Waals surface area contributed by atoms with Crippen molar-refractivity contribution in [2.24, 2.45) is 0 Å². The molecule has 17 heavy (non-hydrogen) atoms. The normalized spacial score (nSPS) is 40.2. The molecule has 1 aliphatic heterocycles. The van der Waals surface area contributed by atoms with Gasteiger partial charge in [0.15, 0.2) is 6.29 Å². The first-order valence-electron chi connectivity index (χ1n) is 5.22. The van der Waals surface area contributed by atoms with Gasteiger partial charge in [-0.1, -0.05) is 0 Å². The first-order valence-corrected chi connectivity index (χ1v) is 5.22. The maximum absolute atomic E-state index is 9.52. The summed E-state index contributed by atoms with van der Waals surface area (Å²) in [5.74, 6) is 0. The van der Waals surface area contributed by atoms with E-state index >= 15 is 0 Å². The zero-order valence-corrected chi connectivity index (χ0v) is 9.09. The third-order valence-corrected chi connectivity index (χ3v) is 2.51. The van der Waals surface area contributed by atoms with E-state index in [1.54, 1.807) is 0 Å². The zero-order chi connectivity index (χ0) is 13.0. The van der Waals surface area contributed by atoms with Crippen LogP contribution >= 0.6 is 0 Å². The Balaban J connectivity index is 2.53. The van der Waals surface area contributed by atoms with Gasteiger partial charge in [0.05, 0.1) is 19.8 Å². The van der Waals surface area contributed by atoms with Crippen LogP contribution in [0.5, 0.6) is 0 Å². The van der Waals surface area contributed by atoms with Crippen molar-refractivity contribution in [2.45, 2.75) is 36.8 Å². The fraction of sp³-hybridized carbons (Fsp3) is 1.00. The van der Waals surface area contributed by atoms with Crippen molar-refractivity contribution in [3.05, 3.63) is 0 Å². The van der Waals surface area contributed by atoms with Crippen molar-refractivity contribution in [3.8, 4) is 0 Å². The van der Waals surface area contributed by atoms with Gasteiger partial charge in [-0.2, -0.15) is 0 Å². The smallest absolute Gasteiger partial charge is 0.186 e. The van der Waals surface area contributed by atoms with Crippen LogP contribution in [0.2, 0.25) is 0 Å². The summed E-state index contributed by atoms with van der Waals surface area (Å²) in [5, 5.41) is 54.9. The predicted octanol–water partition coefficient (Wildman–Crippen LogP) is -3.84. The summed E-state index contributed by atoms with van der Waals surface area (Å²) < 4.78 is 9.93. The molecule has 0 aromatic carbocycles. The van der Waals surface area contributed by atoms with Gasteiger partial charge in [0.1, 0.15) is 30.5 Å². The molecule has 0 amide bonds. The maximum Gasteiger partial charge on any atom is 0.186 e. The molecule has 1 fully saturated rings. The van der Waals surface area contributed by atoms with E-state index in [2.05, 4.69) is 0 Å². The summed E-state index contributed by atoms with van der Waals surface area (Å²) in [6.07, 6.45) is -7.94. The van der Waals surface area contributed by atoms with E-state index in [0.717, 1.165) is 0 Å². The maximum atomic E-state index is 9.52. The number of aliphatic hydroxyl groups is 6. The summed E-state index contributed by atoms with van der Waals surface area (Å²) in [6.45, 7) is -1.37. The zero-order valence-electron chi connectivity index (χ0n) is 9.09. The molecule has 0 aromatic heterocycles. The van der Waals surface area contributed by atoms with E-state index in [-0.39, 0.29) is 6.61 Å². The molecule has 0 saturated carbocycles. The van der Waals surface area contributed by atoms with E-state index in [4.69, 9.17) is 24.8 Å². The molecule has 1 aliphatic rings. The monoisotopic (exact) mass is 254 g/mol. The highest BCUT2D eigenvalue weighted by molar-refractivity contribution is 4.88. The Kier molecular flexibility index (Phi) is 5.70. The summed E-state index contributed by atoms with van der Waals surface area (Å²) in [4.78, 5) is 0. The van der Waals surface area contributed by atoms with Crippen LogP contribution in [-0.4, -0.2) is 87.3 Å². The van der Waals surface area contributed by atoms with Crippen molar-refractivity contribution in [1.29, 1.82) is 0 Å². The van der Waals surface area contributed by atoms with Gasteiger partial charge in [-0.3, -0.25) is 0 Å². The quantitative estimate of drug-likeness (QED) is 0.293. The lowest BCUT2D eigenvalue weighted by Crippen LogP contribution is -2.59. The number of rotatable bonds is 5. The number of hydrogen-bond acceptors (Lipinski definition) is 8. The molecular formula is C9H18O8. The minimum absolute atomic E-state index is 0.306. The second kappa shape index (κ2) is 6.57. The first-order chi connectivity index (χ1) is 8.01. The minimum atomic E-state index is -1.52. The Morgan fingerprint density at radius 2 is 1.71 bits per heavy atom. The molecular weight excluding hydrogens is 236 g/mol. The first kappa shape index (κ1) is 14.7. The highest BCUT2D eigenvalue weighted by atomic mass is 16.7. The largest absolute Gasteiger partial charge is 0.394 e. The highest BCUT2D eigenvalue weighted by Crippen LogP contribution is 2.21. The Labute approximate surface area is 97.6 Å². The standard InChI is InChI=1S/C9H18O8/c10-1-4(12)3-16-9-8(15)7(14)6(13)5(2-11)17-9/h4-15H,1-3H2/t4-,5-,6+,7+,8-,9+/m1/s1. The Bertz CT molecular complexity index is 223. The number of hydrogen-bond donors (Lipinski definition) is 6. The van der Waals surface area contributed by atoms with Gasteiger partial charge in [-0.15, -0.1) is 0 Å². The van der Waals surface area contributed by atoms with Crippen molar-refractivity contribution in [1.82, 2.24) is 0 Å². The summed E-state index contributed by atoms with van der Waals surface area (Å²) in [6, 6.07) is 0. The lowest BCUT2D eigenvalue weighted by atomic mass is 9.99. The van der Waals surface area contributed by atoms with Crippen LogP contribution < -0.4 is 0 Å². The molecule has 1 rings (SSSR count). The van der Waals surface area contributed by atoms with Gasteiger partial charge in [0, 0.05) is 0 Å². The molecule has 102 valence electrons. The SMILES string of the molecule is OC[C@@H](O)CO[C@H]1O[C@H](CO)[C@H](O)[C@H](O)[C@H]1O. The van der Waals surface area contributed by atoms with Crippen molar-refractivity contribution >= 4 is 0 Å². The van der Waals surface area contributed by atoms with Gasteiger partial charge in [-0.05, 0) is 0 Å². The lowest BCUT2D eigenvalue weighted by Gasteiger charge is -2.39. The summed E-state index contributed by atoms with van der Waals surface area (Å²) >= 11 is 0. The van der Waals surface area contributed by atoms with Gasteiger partial charge >= 0.3 is 0 Å². The van der Waals surface area contributed by atoms with Crippen LogP contribution in [0.1, 0.15) is 0 Å². The third-order valence-electron chi connectivity index (χ3n) is 2.51. The molecule has 0 spiro atoms. The van der Waals surface area contributed by atoms with E-state index in [1.807, 2.05) is 0 Å². The Hall–Kier alpha value is -0.320. The van der Waals surface area contributed by atoms with E-state index < -0.39 is 50.0 Å². The molecule has 1 heterocycles. The lowest BCUT2D eigenvalue weighted by molar-refractivity contribution is -0.304. The molecule has 0 bridgehead atoms. The molecule has 8 nitrogen and oxygen atoms in total. The van der Waals surface area contributed by atoms with Gasteiger partial charge in [0.2, 0.25) is 0 Å². The van der Waals surface area contributed by atoms with Crippen molar-refractivity contribution in [3.63, 3.8) is 0 Å². The van der Waals surface area contributed by atoms with Crippen molar-refractivity contribution < 1.29 is 40.1 Å². The average molecular weight is 254 g/mol. The third kappa shape index (κ3) is 3.57. The van der Waals surface area contributed by atoms with Crippen molar-refractivity contribution in [2.75, 3.05) is 19.8 Å². The number of ether oxygens (including phenoxy) is 2. The fourth-order valence-electron chi connectivity index (χ4n) is 1.46. The average Bonchev–Trinajstić information content (AvgIpc) is 2.34. The van der Waals surface area contributed by atoms with Crippen LogP contribution in [0.3, 0.4) is 0 Å². The number of aliphatic hydroxyl groups excluding tert-OH is 6. The summed E-state index contributed by atoms with van der Waals surface area (Å²) in [7, 11) is 0. The van der Waals surface area contributed by atoms with Crippen LogP contribution in [0.4, 0.5) is 0 Å². The second-order valence-electron chi connectivity index (χ2n) is 3.87. The molecule has 6 N–H and O–H groups in total. The topological polar surface area (TPSA) is 140 Å². The van der Waals surface area contributed by atoms with E-state index in [1.165, 1.54) is 0 Å². The molecule has 0 radical (unpaired) electrons. The Morgan fingerprint density at radius 3 is 2.24 bits per heavy atom. The second-order valence-corrected chi connectivity index (χ2v) is 3.87. The van der Waals surface area contributed by atoms with Crippen LogP contribution in [-0.2, 0) is 9.47 Å². The molecule has 8 heteroatoms. The molecule has 1 saturated heterocycles. The van der Waals surface area contributed by atoms with Gasteiger partial charge in [0.25, 0.3) is 0 Å².